The Hall–Kier alpha value is -1.48. The summed E-state index contributed by atoms with van der Waals surface area (Å²) in [6.07, 6.45) is -1.56. The van der Waals surface area contributed by atoms with E-state index in [0.717, 1.165) is 0 Å². The van der Waals surface area contributed by atoms with Crippen molar-refractivity contribution in [3.63, 3.8) is 0 Å². The van der Waals surface area contributed by atoms with Gasteiger partial charge in [-0.25, -0.2) is 13.2 Å². The topological polar surface area (TPSA) is 104 Å². The van der Waals surface area contributed by atoms with Crippen LogP contribution in [-0.2, 0) is 26.0 Å². The van der Waals surface area contributed by atoms with E-state index < -0.39 is 22.1 Å². The number of carboxylic acids is 1. The molecule has 2 rings (SSSR count). The minimum absolute atomic E-state index is 0.0623. The molecule has 0 aliphatic carbocycles. The summed E-state index contributed by atoms with van der Waals surface area (Å²) >= 11 is 0. The first-order valence-corrected chi connectivity index (χ1v) is 7.93. The average Bonchev–Trinajstić information content (AvgIpc) is 2.48. The van der Waals surface area contributed by atoms with Crippen molar-refractivity contribution in [2.24, 2.45) is 0 Å². The van der Waals surface area contributed by atoms with E-state index in [0.29, 0.717) is 31.9 Å². The number of carbonyl (C=O) groups is 1. The lowest BCUT2D eigenvalue weighted by Crippen LogP contribution is -2.40. The van der Waals surface area contributed by atoms with Crippen LogP contribution in [0.25, 0.3) is 0 Å². The Balaban J connectivity index is 2.12. The number of nitrogens with zero attached hydrogens (tertiary/aromatic N) is 1. The van der Waals surface area contributed by atoms with Gasteiger partial charge in [0.15, 0.2) is 6.10 Å². The third kappa shape index (κ3) is 3.79. The highest BCUT2D eigenvalue weighted by molar-refractivity contribution is 7.89. The molecular formula is C13H17NO6S. The molecule has 8 heteroatoms. The van der Waals surface area contributed by atoms with Crippen molar-refractivity contribution in [3.05, 3.63) is 29.8 Å². The van der Waals surface area contributed by atoms with Crippen molar-refractivity contribution in [1.82, 2.24) is 4.31 Å². The fraction of sp³-hybridized carbons (Fsp3) is 0.462. The third-order valence-corrected chi connectivity index (χ3v) is 5.16. The Morgan fingerprint density at radius 1 is 1.24 bits per heavy atom. The van der Waals surface area contributed by atoms with Gasteiger partial charge in [0, 0.05) is 19.5 Å². The molecule has 0 aromatic heterocycles. The van der Waals surface area contributed by atoms with Gasteiger partial charge in [0.2, 0.25) is 10.0 Å². The number of carboxylic acid groups (broad SMARTS) is 1. The zero-order chi connectivity index (χ0) is 15.5. The Labute approximate surface area is 122 Å². The first kappa shape index (κ1) is 15.9. The maximum Gasteiger partial charge on any atom is 0.332 e. The molecule has 1 fully saturated rings. The maximum atomic E-state index is 12.4. The lowest BCUT2D eigenvalue weighted by molar-refractivity contribution is -0.146. The first-order valence-electron chi connectivity index (χ1n) is 6.49. The summed E-state index contributed by atoms with van der Waals surface area (Å²) in [5, 5.41) is 17.9. The number of aliphatic hydroxyl groups is 1. The van der Waals surface area contributed by atoms with Crippen molar-refractivity contribution in [3.8, 4) is 0 Å². The zero-order valence-electron chi connectivity index (χ0n) is 11.3. The lowest BCUT2D eigenvalue weighted by Gasteiger charge is -2.26. The molecule has 1 aromatic carbocycles. The number of morpholine rings is 1. The zero-order valence-corrected chi connectivity index (χ0v) is 12.1. The molecule has 1 heterocycles. The van der Waals surface area contributed by atoms with Gasteiger partial charge >= 0.3 is 5.97 Å². The van der Waals surface area contributed by atoms with Gasteiger partial charge in [0.1, 0.15) is 0 Å². The molecule has 0 bridgehead atoms. The fourth-order valence-corrected chi connectivity index (χ4v) is 3.45. The second-order valence-corrected chi connectivity index (χ2v) is 6.66. The van der Waals surface area contributed by atoms with E-state index in [1.54, 1.807) is 0 Å². The summed E-state index contributed by atoms with van der Waals surface area (Å²) in [6.45, 7) is 1.40. The van der Waals surface area contributed by atoms with Crippen molar-refractivity contribution >= 4 is 16.0 Å². The van der Waals surface area contributed by atoms with Crippen LogP contribution in [-0.4, -0.2) is 61.3 Å². The SMILES string of the molecule is O=C(O)[C@H](O)Cc1ccc(S(=O)(=O)N2CCOCC2)cc1. The van der Waals surface area contributed by atoms with Crippen LogP contribution >= 0.6 is 0 Å². The van der Waals surface area contributed by atoms with E-state index in [4.69, 9.17) is 9.84 Å². The number of benzene rings is 1. The van der Waals surface area contributed by atoms with Crippen molar-refractivity contribution < 1.29 is 28.2 Å². The molecule has 116 valence electrons. The van der Waals surface area contributed by atoms with Gasteiger partial charge in [-0.15, -0.1) is 0 Å². The predicted molar refractivity (Wildman–Crippen MR) is 73.4 cm³/mol. The van der Waals surface area contributed by atoms with Crippen LogP contribution in [0.5, 0.6) is 0 Å². The molecule has 7 nitrogen and oxygen atoms in total. The molecule has 1 aromatic rings. The van der Waals surface area contributed by atoms with Crippen LogP contribution in [0.2, 0.25) is 0 Å². The molecule has 1 aliphatic rings. The quantitative estimate of drug-likeness (QED) is 0.773. The Morgan fingerprint density at radius 2 is 1.81 bits per heavy atom. The number of sulfonamides is 1. The molecule has 0 saturated carbocycles. The smallest absolute Gasteiger partial charge is 0.332 e. The van der Waals surface area contributed by atoms with Gasteiger partial charge < -0.3 is 14.9 Å². The molecule has 0 unspecified atom stereocenters. The average molecular weight is 315 g/mol. The Morgan fingerprint density at radius 3 is 2.33 bits per heavy atom. The van der Waals surface area contributed by atoms with E-state index in [9.17, 15) is 18.3 Å². The molecule has 21 heavy (non-hydrogen) atoms. The van der Waals surface area contributed by atoms with E-state index in [2.05, 4.69) is 0 Å². The number of ether oxygens (including phenoxy) is 1. The van der Waals surface area contributed by atoms with Gasteiger partial charge in [-0.3, -0.25) is 0 Å². The number of aliphatic hydroxyl groups excluding tert-OH is 1. The predicted octanol–water partition coefficient (Wildman–Crippen LogP) is -0.304. The molecule has 0 amide bonds. The molecular weight excluding hydrogens is 298 g/mol. The highest BCUT2D eigenvalue weighted by Crippen LogP contribution is 2.18. The molecule has 0 spiro atoms. The van der Waals surface area contributed by atoms with E-state index in [-0.39, 0.29) is 11.3 Å². The van der Waals surface area contributed by atoms with Crippen LogP contribution in [0.1, 0.15) is 5.56 Å². The Bertz CT molecular complexity index is 592. The summed E-state index contributed by atoms with van der Waals surface area (Å²) in [6, 6.07) is 5.88. The summed E-state index contributed by atoms with van der Waals surface area (Å²) in [4.78, 5) is 10.7. The van der Waals surface area contributed by atoms with Gasteiger partial charge in [-0.05, 0) is 17.7 Å². The minimum Gasteiger partial charge on any atom is -0.479 e. The molecule has 2 N–H and O–H groups in total. The third-order valence-electron chi connectivity index (χ3n) is 3.25. The summed E-state index contributed by atoms with van der Waals surface area (Å²) in [5.74, 6) is -1.31. The van der Waals surface area contributed by atoms with Gasteiger partial charge in [-0.1, -0.05) is 12.1 Å². The van der Waals surface area contributed by atoms with Gasteiger partial charge in [0.25, 0.3) is 0 Å². The standard InChI is InChI=1S/C13H17NO6S/c15-12(13(16)17)9-10-1-3-11(4-2-10)21(18,19)14-5-7-20-8-6-14/h1-4,12,15H,5-9H2,(H,16,17)/t12-/m1/s1. The van der Waals surface area contributed by atoms with Crippen molar-refractivity contribution in [2.75, 3.05) is 26.3 Å². The largest absolute Gasteiger partial charge is 0.479 e. The van der Waals surface area contributed by atoms with Crippen LogP contribution in [0.15, 0.2) is 29.2 Å². The van der Waals surface area contributed by atoms with E-state index >= 15 is 0 Å². The molecule has 1 saturated heterocycles. The highest BCUT2D eigenvalue weighted by atomic mass is 32.2. The molecule has 1 aliphatic heterocycles. The summed E-state index contributed by atoms with van der Waals surface area (Å²) in [5.41, 5.74) is 0.561. The highest BCUT2D eigenvalue weighted by Gasteiger charge is 2.26. The second kappa shape index (κ2) is 6.52. The summed E-state index contributed by atoms with van der Waals surface area (Å²) < 4.78 is 31.2. The monoisotopic (exact) mass is 315 g/mol. The van der Waals surface area contributed by atoms with Crippen LogP contribution in [0, 0.1) is 0 Å². The number of hydrogen-bond acceptors (Lipinski definition) is 5. The van der Waals surface area contributed by atoms with Gasteiger partial charge in [0.05, 0.1) is 18.1 Å². The van der Waals surface area contributed by atoms with E-state index in [1.807, 2.05) is 0 Å². The second-order valence-electron chi connectivity index (χ2n) is 4.72. The minimum atomic E-state index is -3.55. The van der Waals surface area contributed by atoms with E-state index in [1.165, 1.54) is 28.6 Å². The maximum absolute atomic E-state index is 12.4. The first-order chi connectivity index (χ1) is 9.91. The normalized spacial score (nSPS) is 18.3. The van der Waals surface area contributed by atoms with Gasteiger partial charge in [-0.2, -0.15) is 4.31 Å². The van der Waals surface area contributed by atoms with Crippen molar-refractivity contribution in [2.45, 2.75) is 17.4 Å². The number of hydrogen-bond donors (Lipinski definition) is 2. The number of aliphatic carboxylic acids is 1. The fourth-order valence-electron chi connectivity index (χ4n) is 2.04. The molecule has 1 atom stereocenters. The van der Waals surface area contributed by atoms with Crippen LogP contribution in [0.3, 0.4) is 0 Å². The lowest BCUT2D eigenvalue weighted by atomic mass is 10.1. The van der Waals surface area contributed by atoms with Crippen LogP contribution < -0.4 is 0 Å². The number of rotatable bonds is 5. The Kier molecular flexibility index (Phi) is 4.94. The van der Waals surface area contributed by atoms with Crippen LogP contribution in [0.4, 0.5) is 0 Å². The summed E-state index contributed by atoms with van der Waals surface area (Å²) in [7, 11) is -3.55. The molecule has 0 radical (unpaired) electrons. The van der Waals surface area contributed by atoms with Crippen molar-refractivity contribution in [1.29, 1.82) is 0 Å².